The van der Waals surface area contributed by atoms with E-state index in [0.29, 0.717) is 17.3 Å². The zero-order valence-electron chi connectivity index (χ0n) is 11.5. The van der Waals surface area contributed by atoms with Gasteiger partial charge in [-0.15, -0.1) is 0 Å². The van der Waals surface area contributed by atoms with Gasteiger partial charge in [0.05, 0.1) is 6.54 Å². The first kappa shape index (κ1) is 13.8. The van der Waals surface area contributed by atoms with E-state index >= 15 is 0 Å². The zero-order chi connectivity index (χ0) is 14.8. The maximum atomic E-state index is 12.1. The van der Waals surface area contributed by atoms with Crippen molar-refractivity contribution in [1.82, 2.24) is 0 Å². The summed E-state index contributed by atoms with van der Waals surface area (Å²) >= 11 is 5.91. The number of carbonyl (C=O) groups excluding carboxylic acids is 1. The molecule has 1 aliphatic rings. The van der Waals surface area contributed by atoms with E-state index in [9.17, 15) is 4.79 Å². The largest absolute Gasteiger partial charge is 0.399 e. The van der Waals surface area contributed by atoms with Crippen LogP contribution in [0.4, 0.5) is 17.1 Å². The Morgan fingerprint density at radius 1 is 1.29 bits per heavy atom. The molecule has 3 N–H and O–H groups in total. The molecule has 0 aliphatic carbocycles. The van der Waals surface area contributed by atoms with Crippen LogP contribution >= 0.6 is 11.6 Å². The van der Waals surface area contributed by atoms with E-state index < -0.39 is 0 Å². The highest BCUT2D eigenvalue weighted by molar-refractivity contribution is 6.30. The minimum atomic E-state index is -0.0625. The third-order valence-corrected chi connectivity index (χ3v) is 3.78. The first-order valence-corrected chi connectivity index (χ1v) is 7.18. The molecule has 0 fully saturated rings. The standard InChI is InChI=1S/C16H16ClN3O/c17-12-2-1-3-14(8-12)19-16(21)10-20-7-6-11-4-5-13(18)9-15(11)20/h1-5,8-9H,6-7,10,18H2,(H,19,21). The number of hydrogen-bond acceptors (Lipinski definition) is 3. The lowest BCUT2D eigenvalue weighted by Gasteiger charge is -2.19. The predicted molar refractivity (Wildman–Crippen MR) is 86.9 cm³/mol. The van der Waals surface area contributed by atoms with Gasteiger partial charge >= 0.3 is 0 Å². The van der Waals surface area contributed by atoms with Crippen LogP contribution < -0.4 is 16.0 Å². The molecule has 2 aromatic rings. The minimum absolute atomic E-state index is 0.0625. The van der Waals surface area contributed by atoms with E-state index in [1.54, 1.807) is 12.1 Å². The SMILES string of the molecule is Nc1ccc2c(c1)N(CC(=O)Nc1cccc(Cl)c1)CC2. The number of anilines is 3. The molecule has 0 atom stereocenters. The van der Waals surface area contributed by atoms with Gasteiger partial charge in [-0.2, -0.15) is 0 Å². The lowest BCUT2D eigenvalue weighted by atomic mass is 10.1. The van der Waals surface area contributed by atoms with Gasteiger partial charge in [0, 0.05) is 28.6 Å². The van der Waals surface area contributed by atoms with Gasteiger partial charge in [0.2, 0.25) is 5.91 Å². The second-order valence-corrected chi connectivity index (χ2v) is 5.55. The van der Waals surface area contributed by atoms with Gasteiger partial charge in [0.25, 0.3) is 0 Å². The number of fused-ring (bicyclic) bond motifs is 1. The molecule has 0 saturated heterocycles. The molecule has 0 saturated carbocycles. The van der Waals surface area contributed by atoms with Crippen molar-refractivity contribution < 1.29 is 4.79 Å². The lowest BCUT2D eigenvalue weighted by Crippen LogP contribution is -2.31. The molecule has 0 aromatic heterocycles. The van der Waals surface area contributed by atoms with Crippen LogP contribution in [0.5, 0.6) is 0 Å². The molecule has 0 bridgehead atoms. The van der Waals surface area contributed by atoms with Crippen LogP contribution in [0.1, 0.15) is 5.56 Å². The molecule has 4 nitrogen and oxygen atoms in total. The van der Waals surface area contributed by atoms with E-state index in [1.165, 1.54) is 5.56 Å². The Morgan fingerprint density at radius 2 is 2.14 bits per heavy atom. The first-order valence-electron chi connectivity index (χ1n) is 6.80. The Morgan fingerprint density at radius 3 is 2.95 bits per heavy atom. The van der Waals surface area contributed by atoms with E-state index in [-0.39, 0.29) is 5.91 Å². The summed E-state index contributed by atoms with van der Waals surface area (Å²) in [4.78, 5) is 14.2. The molecule has 0 spiro atoms. The topological polar surface area (TPSA) is 58.4 Å². The highest BCUT2D eigenvalue weighted by Gasteiger charge is 2.21. The van der Waals surface area contributed by atoms with Gasteiger partial charge in [0.1, 0.15) is 0 Å². The summed E-state index contributed by atoms with van der Waals surface area (Å²) in [6.45, 7) is 1.14. The quantitative estimate of drug-likeness (QED) is 0.857. The van der Waals surface area contributed by atoms with Gasteiger partial charge in [-0.3, -0.25) is 4.79 Å². The molecule has 3 rings (SSSR count). The van der Waals surface area contributed by atoms with Crippen molar-refractivity contribution in [2.45, 2.75) is 6.42 Å². The Labute approximate surface area is 128 Å². The molecule has 1 amide bonds. The molecule has 0 radical (unpaired) electrons. The van der Waals surface area contributed by atoms with Crippen molar-refractivity contribution in [3.8, 4) is 0 Å². The molecule has 108 valence electrons. The van der Waals surface area contributed by atoms with Crippen molar-refractivity contribution >= 4 is 34.6 Å². The van der Waals surface area contributed by atoms with Crippen LogP contribution in [-0.4, -0.2) is 19.0 Å². The van der Waals surface area contributed by atoms with Gasteiger partial charge in [-0.25, -0.2) is 0 Å². The minimum Gasteiger partial charge on any atom is -0.399 e. The average molecular weight is 302 g/mol. The molecular weight excluding hydrogens is 286 g/mol. The van der Waals surface area contributed by atoms with Gasteiger partial charge in [-0.1, -0.05) is 23.7 Å². The van der Waals surface area contributed by atoms with E-state index in [1.807, 2.05) is 35.2 Å². The molecule has 1 heterocycles. The summed E-state index contributed by atoms with van der Waals surface area (Å²) in [6.07, 6.45) is 0.945. The number of benzene rings is 2. The van der Waals surface area contributed by atoms with Crippen molar-refractivity contribution in [3.05, 3.63) is 53.1 Å². The lowest BCUT2D eigenvalue weighted by molar-refractivity contribution is -0.115. The maximum absolute atomic E-state index is 12.1. The summed E-state index contributed by atoms with van der Waals surface area (Å²) in [7, 11) is 0. The number of amides is 1. The van der Waals surface area contributed by atoms with E-state index in [0.717, 1.165) is 24.3 Å². The van der Waals surface area contributed by atoms with Crippen LogP contribution in [0.15, 0.2) is 42.5 Å². The van der Waals surface area contributed by atoms with Gasteiger partial charge in [-0.05, 0) is 42.3 Å². The van der Waals surface area contributed by atoms with Crippen LogP contribution in [0.2, 0.25) is 5.02 Å². The highest BCUT2D eigenvalue weighted by Crippen LogP contribution is 2.29. The number of nitrogens with two attached hydrogens (primary N) is 1. The maximum Gasteiger partial charge on any atom is 0.243 e. The fraction of sp³-hybridized carbons (Fsp3) is 0.188. The third kappa shape index (κ3) is 3.11. The molecule has 1 aliphatic heterocycles. The fourth-order valence-electron chi connectivity index (χ4n) is 2.57. The Kier molecular flexibility index (Phi) is 3.71. The van der Waals surface area contributed by atoms with Gasteiger partial charge in [0.15, 0.2) is 0 Å². The molecule has 0 unspecified atom stereocenters. The highest BCUT2D eigenvalue weighted by atomic mass is 35.5. The monoisotopic (exact) mass is 301 g/mol. The van der Waals surface area contributed by atoms with Crippen molar-refractivity contribution in [1.29, 1.82) is 0 Å². The van der Waals surface area contributed by atoms with E-state index in [4.69, 9.17) is 17.3 Å². The van der Waals surface area contributed by atoms with Crippen LogP contribution in [-0.2, 0) is 11.2 Å². The van der Waals surface area contributed by atoms with Crippen LogP contribution in [0.3, 0.4) is 0 Å². The Balaban J connectivity index is 1.68. The second kappa shape index (κ2) is 5.66. The number of nitrogen functional groups attached to an aromatic ring is 1. The fourth-order valence-corrected chi connectivity index (χ4v) is 2.76. The summed E-state index contributed by atoms with van der Waals surface area (Å²) in [5, 5.41) is 3.46. The smallest absolute Gasteiger partial charge is 0.243 e. The zero-order valence-corrected chi connectivity index (χ0v) is 12.2. The van der Waals surface area contributed by atoms with Crippen LogP contribution in [0.25, 0.3) is 0 Å². The van der Waals surface area contributed by atoms with Crippen molar-refractivity contribution in [3.63, 3.8) is 0 Å². The Hall–Kier alpha value is -2.20. The summed E-state index contributed by atoms with van der Waals surface area (Å²) < 4.78 is 0. The second-order valence-electron chi connectivity index (χ2n) is 5.12. The first-order chi connectivity index (χ1) is 10.1. The Bertz CT molecular complexity index is 687. The number of nitrogens with one attached hydrogen (secondary N) is 1. The molecular formula is C16H16ClN3O. The number of carbonyl (C=O) groups is 1. The number of halogens is 1. The van der Waals surface area contributed by atoms with Gasteiger partial charge < -0.3 is 16.0 Å². The number of nitrogens with zero attached hydrogens (tertiary/aromatic N) is 1. The third-order valence-electron chi connectivity index (χ3n) is 3.54. The van der Waals surface area contributed by atoms with Crippen molar-refractivity contribution in [2.24, 2.45) is 0 Å². The molecule has 21 heavy (non-hydrogen) atoms. The molecule has 5 heteroatoms. The number of rotatable bonds is 3. The van der Waals surface area contributed by atoms with Crippen LogP contribution in [0, 0.1) is 0 Å². The number of hydrogen-bond donors (Lipinski definition) is 2. The van der Waals surface area contributed by atoms with E-state index in [2.05, 4.69) is 5.32 Å². The summed E-state index contributed by atoms with van der Waals surface area (Å²) in [5.74, 6) is -0.0625. The molecule has 2 aromatic carbocycles. The van der Waals surface area contributed by atoms with Crippen molar-refractivity contribution in [2.75, 3.05) is 29.0 Å². The summed E-state index contributed by atoms with van der Waals surface area (Å²) in [5.41, 5.74) is 9.54. The normalized spacial score (nSPS) is 13.1. The average Bonchev–Trinajstić information content (AvgIpc) is 2.81. The summed E-state index contributed by atoms with van der Waals surface area (Å²) in [6, 6.07) is 13.0. The predicted octanol–water partition coefficient (Wildman–Crippen LogP) is 2.92.